The molecule has 1 aliphatic rings. The lowest BCUT2D eigenvalue weighted by atomic mass is 10.0. The van der Waals surface area contributed by atoms with E-state index in [1.807, 2.05) is 30.0 Å². The van der Waals surface area contributed by atoms with E-state index in [1.54, 1.807) is 0 Å². The van der Waals surface area contributed by atoms with Crippen LogP contribution in [0.4, 0.5) is 0 Å². The molecule has 1 aromatic heterocycles. The Morgan fingerprint density at radius 3 is 2.82 bits per heavy atom. The SMILES string of the molecule is CCc1noc(C2CC(=O)N(CC(C)c3ccccc3)C2)n1. The number of aromatic nitrogens is 2. The van der Waals surface area contributed by atoms with E-state index in [4.69, 9.17) is 4.52 Å². The highest BCUT2D eigenvalue weighted by atomic mass is 16.5. The van der Waals surface area contributed by atoms with Gasteiger partial charge in [0, 0.05) is 25.9 Å². The molecule has 0 spiro atoms. The fourth-order valence-electron chi connectivity index (χ4n) is 2.91. The van der Waals surface area contributed by atoms with Gasteiger partial charge < -0.3 is 9.42 Å². The average molecular weight is 299 g/mol. The first-order valence-electron chi connectivity index (χ1n) is 7.82. The summed E-state index contributed by atoms with van der Waals surface area (Å²) in [4.78, 5) is 18.5. The molecule has 1 aromatic carbocycles. The van der Waals surface area contributed by atoms with Crippen LogP contribution in [0.15, 0.2) is 34.9 Å². The molecule has 5 heteroatoms. The van der Waals surface area contributed by atoms with Crippen LogP contribution in [0.1, 0.15) is 49.4 Å². The maximum atomic E-state index is 12.2. The van der Waals surface area contributed by atoms with Crippen LogP contribution >= 0.6 is 0 Å². The first-order valence-corrected chi connectivity index (χ1v) is 7.82. The van der Waals surface area contributed by atoms with E-state index in [2.05, 4.69) is 29.2 Å². The quantitative estimate of drug-likeness (QED) is 0.852. The van der Waals surface area contributed by atoms with Crippen LogP contribution in [0.2, 0.25) is 0 Å². The van der Waals surface area contributed by atoms with E-state index in [-0.39, 0.29) is 11.8 Å². The second-order valence-corrected chi connectivity index (χ2v) is 5.91. The van der Waals surface area contributed by atoms with Gasteiger partial charge in [0.2, 0.25) is 11.8 Å². The number of hydrogen-bond donors (Lipinski definition) is 0. The Bertz CT molecular complexity index is 638. The summed E-state index contributed by atoms with van der Waals surface area (Å²) >= 11 is 0. The summed E-state index contributed by atoms with van der Waals surface area (Å²) in [6.45, 7) is 5.54. The maximum Gasteiger partial charge on any atom is 0.232 e. The lowest BCUT2D eigenvalue weighted by molar-refractivity contribution is -0.127. The number of hydrogen-bond acceptors (Lipinski definition) is 4. The molecule has 2 heterocycles. The van der Waals surface area contributed by atoms with Gasteiger partial charge in [-0.15, -0.1) is 0 Å². The van der Waals surface area contributed by atoms with Crippen molar-refractivity contribution in [3.05, 3.63) is 47.6 Å². The normalized spacial score (nSPS) is 19.6. The Kier molecular flexibility index (Phi) is 4.22. The van der Waals surface area contributed by atoms with Crippen LogP contribution in [0.5, 0.6) is 0 Å². The van der Waals surface area contributed by atoms with Gasteiger partial charge >= 0.3 is 0 Å². The van der Waals surface area contributed by atoms with Gasteiger partial charge in [-0.3, -0.25) is 4.79 Å². The number of carbonyl (C=O) groups excluding carboxylic acids is 1. The monoisotopic (exact) mass is 299 g/mol. The molecule has 1 fully saturated rings. The molecule has 2 unspecified atom stereocenters. The lowest BCUT2D eigenvalue weighted by Gasteiger charge is -2.21. The second-order valence-electron chi connectivity index (χ2n) is 5.91. The van der Waals surface area contributed by atoms with Crippen molar-refractivity contribution in [2.24, 2.45) is 0 Å². The summed E-state index contributed by atoms with van der Waals surface area (Å²) in [5, 5.41) is 3.92. The van der Waals surface area contributed by atoms with Gasteiger partial charge in [0.05, 0.1) is 5.92 Å². The molecule has 0 bridgehead atoms. The molecule has 2 aromatic rings. The third-order valence-corrected chi connectivity index (χ3v) is 4.23. The minimum Gasteiger partial charge on any atom is -0.341 e. The first-order chi connectivity index (χ1) is 10.7. The molecule has 0 aliphatic carbocycles. The third-order valence-electron chi connectivity index (χ3n) is 4.23. The van der Waals surface area contributed by atoms with Gasteiger partial charge in [-0.05, 0) is 11.5 Å². The summed E-state index contributed by atoms with van der Waals surface area (Å²) in [6.07, 6.45) is 1.21. The van der Waals surface area contributed by atoms with Crippen LogP contribution in [-0.2, 0) is 11.2 Å². The summed E-state index contributed by atoms with van der Waals surface area (Å²) in [7, 11) is 0. The lowest BCUT2D eigenvalue weighted by Crippen LogP contribution is -2.29. The largest absolute Gasteiger partial charge is 0.341 e. The van der Waals surface area contributed by atoms with Crippen LogP contribution in [-0.4, -0.2) is 34.0 Å². The van der Waals surface area contributed by atoms with Gasteiger partial charge in [0.1, 0.15) is 0 Å². The number of nitrogens with zero attached hydrogens (tertiary/aromatic N) is 3. The molecule has 116 valence electrons. The van der Waals surface area contributed by atoms with Crippen LogP contribution < -0.4 is 0 Å². The average Bonchev–Trinajstić information content (AvgIpc) is 3.15. The fourth-order valence-corrected chi connectivity index (χ4v) is 2.91. The third kappa shape index (κ3) is 3.03. The standard InChI is InChI=1S/C17H21N3O2/c1-3-15-18-17(22-19-15)14-9-16(21)20(11-14)10-12(2)13-7-5-4-6-8-13/h4-8,12,14H,3,9-11H2,1-2H3. The second kappa shape index (κ2) is 6.30. The predicted octanol–water partition coefficient (Wildman–Crippen LogP) is 2.75. The Morgan fingerprint density at radius 1 is 1.36 bits per heavy atom. The topological polar surface area (TPSA) is 59.2 Å². The molecule has 0 radical (unpaired) electrons. The summed E-state index contributed by atoms with van der Waals surface area (Å²) in [5.41, 5.74) is 1.25. The summed E-state index contributed by atoms with van der Waals surface area (Å²) < 4.78 is 5.29. The van der Waals surface area contributed by atoms with E-state index in [1.165, 1.54) is 5.56 Å². The fraction of sp³-hybridized carbons (Fsp3) is 0.471. The van der Waals surface area contributed by atoms with Crippen molar-refractivity contribution < 1.29 is 9.32 Å². The van der Waals surface area contributed by atoms with Crippen LogP contribution in [0, 0.1) is 0 Å². The van der Waals surface area contributed by atoms with E-state index >= 15 is 0 Å². The molecule has 0 saturated carbocycles. The van der Waals surface area contributed by atoms with Crippen molar-refractivity contribution in [3.8, 4) is 0 Å². The van der Waals surface area contributed by atoms with Gasteiger partial charge in [-0.25, -0.2) is 0 Å². The molecule has 1 amide bonds. The molecule has 0 N–H and O–H groups in total. The maximum absolute atomic E-state index is 12.2. The summed E-state index contributed by atoms with van der Waals surface area (Å²) in [6, 6.07) is 10.3. The first kappa shape index (κ1) is 14.8. The minimum absolute atomic E-state index is 0.0308. The van der Waals surface area contributed by atoms with Crippen LogP contribution in [0.25, 0.3) is 0 Å². The smallest absolute Gasteiger partial charge is 0.232 e. The molecule has 22 heavy (non-hydrogen) atoms. The van der Waals surface area contributed by atoms with Gasteiger partial charge in [-0.1, -0.05) is 49.3 Å². The highest BCUT2D eigenvalue weighted by Crippen LogP contribution is 2.29. The number of rotatable bonds is 5. The number of carbonyl (C=O) groups is 1. The van der Waals surface area contributed by atoms with E-state index in [9.17, 15) is 4.79 Å². The van der Waals surface area contributed by atoms with E-state index in [0.29, 0.717) is 30.6 Å². The molecular formula is C17H21N3O2. The number of likely N-dealkylation sites (tertiary alicyclic amines) is 1. The van der Waals surface area contributed by atoms with E-state index < -0.39 is 0 Å². The van der Waals surface area contributed by atoms with Gasteiger partial charge in [0.25, 0.3) is 0 Å². The number of benzene rings is 1. The van der Waals surface area contributed by atoms with Gasteiger partial charge in [-0.2, -0.15) is 4.98 Å². The van der Waals surface area contributed by atoms with Crippen molar-refractivity contribution in [2.75, 3.05) is 13.1 Å². The molecular weight excluding hydrogens is 278 g/mol. The summed E-state index contributed by atoms with van der Waals surface area (Å²) in [5.74, 6) is 1.82. The molecule has 1 saturated heterocycles. The predicted molar refractivity (Wildman–Crippen MR) is 82.5 cm³/mol. The molecule has 5 nitrogen and oxygen atoms in total. The van der Waals surface area contributed by atoms with Crippen molar-refractivity contribution in [1.82, 2.24) is 15.0 Å². The van der Waals surface area contributed by atoms with Crippen molar-refractivity contribution >= 4 is 5.91 Å². The Labute approximate surface area is 130 Å². The zero-order valence-electron chi connectivity index (χ0n) is 13.0. The van der Waals surface area contributed by atoms with Crippen molar-refractivity contribution in [1.29, 1.82) is 0 Å². The minimum atomic E-state index is 0.0308. The van der Waals surface area contributed by atoms with E-state index in [0.717, 1.165) is 13.0 Å². The zero-order chi connectivity index (χ0) is 15.5. The highest BCUT2D eigenvalue weighted by Gasteiger charge is 2.34. The molecule has 3 rings (SSSR count). The van der Waals surface area contributed by atoms with Crippen LogP contribution in [0.3, 0.4) is 0 Å². The Hall–Kier alpha value is -2.17. The number of aryl methyl sites for hydroxylation is 1. The molecule has 1 aliphatic heterocycles. The number of amides is 1. The van der Waals surface area contributed by atoms with Crippen molar-refractivity contribution in [2.45, 2.75) is 38.5 Å². The highest BCUT2D eigenvalue weighted by molar-refractivity contribution is 5.79. The Morgan fingerprint density at radius 2 is 2.14 bits per heavy atom. The van der Waals surface area contributed by atoms with Crippen molar-refractivity contribution in [3.63, 3.8) is 0 Å². The zero-order valence-corrected chi connectivity index (χ0v) is 13.0. The van der Waals surface area contributed by atoms with Gasteiger partial charge in [0.15, 0.2) is 5.82 Å². The molecule has 2 atom stereocenters. The Balaban J connectivity index is 1.65.